The lowest BCUT2D eigenvalue weighted by Gasteiger charge is -2.11. The van der Waals surface area contributed by atoms with Gasteiger partial charge in [0.15, 0.2) is 0 Å². The molecule has 26 heavy (non-hydrogen) atoms. The molecule has 3 aromatic rings. The topological polar surface area (TPSA) is 104 Å². The van der Waals surface area contributed by atoms with Crippen LogP contribution >= 0.6 is 36.4 Å². The molecule has 0 aliphatic rings. The lowest BCUT2D eigenvalue weighted by Crippen LogP contribution is -2.10. The van der Waals surface area contributed by atoms with Crippen LogP contribution in [-0.4, -0.2) is 18.4 Å². The van der Waals surface area contributed by atoms with Gasteiger partial charge >= 0.3 is 0 Å². The van der Waals surface area contributed by atoms with Crippen LogP contribution in [0.4, 0.5) is 11.4 Å². The highest BCUT2D eigenvalue weighted by Crippen LogP contribution is 2.29. The third-order valence-corrected chi connectivity index (χ3v) is 4.08. The Labute approximate surface area is 168 Å². The molecule has 0 radical (unpaired) electrons. The highest BCUT2D eigenvalue weighted by atomic mass is 35.5. The molecule has 2 aromatic heterocycles. The average molecular weight is 438 g/mol. The summed E-state index contributed by atoms with van der Waals surface area (Å²) in [6, 6.07) is 10.1. The van der Waals surface area contributed by atoms with Crippen molar-refractivity contribution in [3.05, 3.63) is 63.5 Å². The van der Waals surface area contributed by atoms with Crippen LogP contribution in [0.1, 0.15) is 5.56 Å². The fourth-order valence-electron chi connectivity index (χ4n) is 2.24. The van der Waals surface area contributed by atoms with Crippen LogP contribution in [0.15, 0.2) is 47.4 Å². The number of pyridine rings is 2. The fourth-order valence-corrected chi connectivity index (χ4v) is 2.80. The van der Waals surface area contributed by atoms with Crippen molar-refractivity contribution in [2.75, 3.05) is 5.32 Å². The molecule has 3 rings (SSSR count). The van der Waals surface area contributed by atoms with Gasteiger partial charge in [-0.25, -0.2) is 18.1 Å². The minimum absolute atomic E-state index is 0. The number of H-pyrrole nitrogens is 1. The van der Waals surface area contributed by atoms with E-state index in [-0.39, 0.29) is 36.9 Å². The number of halogens is 3. The molecule has 0 spiro atoms. The molecule has 0 atom stereocenters. The van der Waals surface area contributed by atoms with Gasteiger partial charge in [-0.05, 0) is 29.8 Å². The first-order chi connectivity index (χ1) is 11.5. The first-order valence-corrected chi connectivity index (χ1v) is 8.50. The smallest absolute Gasteiger partial charge is 0.249 e. The van der Waals surface area contributed by atoms with Crippen LogP contribution in [0.5, 0.6) is 0 Å². The van der Waals surface area contributed by atoms with Crippen molar-refractivity contribution in [1.29, 1.82) is 0 Å². The van der Waals surface area contributed by atoms with Crippen LogP contribution in [0.2, 0.25) is 5.02 Å². The molecule has 0 aliphatic heterocycles. The number of rotatable bonds is 5. The third-order valence-electron chi connectivity index (χ3n) is 3.35. The van der Waals surface area contributed by atoms with Crippen molar-refractivity contribution in [3.8, 4) is 0 Å². The Morgan fingerprint density at radius 3 is 2.54 bits per heavy atom. The van der Waals surface area contributed by atoms with Crippen LogP contribution in [0.25, 0.3) is 11.0 Å². The molecular weight excluding hydrogens is 423 g/mol. The van der Waals surface area contributed by atoms with E-state index in [0.717, 1.165) is 16.6 Å². The largest absolute Gasteiger partial charge is 0.354 e. The Kier molecular flexibility index (Phi) is 8.32. The standard InChI is InChI=1S/C15H13ClN4O3S.2ClH/c16-11-7-9(8-18-24(22)23)1-3-13(11)19-12-5-6-17-15-10(12)2-4-14(21)20-15;;/h1-7,24H,8H2,(H,18,22,23)(H2,17,19,20,21);2*1H. The van der Waals surface area contributed by atoms with Crippen molar-refractivity contribution >= 4 is 69.7 Å². The summed E-state index contributed by atoms with van der Waals surface area (Å²) >= 11 is 6.26. The van der Waals surface area contributed by atoms with Crippen molar-refractivity contribution in [3.63, 3.8) is 0 Å². The van der Waals surface area contributed by atoms with Gasteiger partial charge in [0.1, 0.15) is 5.65 Å². The zero-order valence-electron chi connectivity index (χ0n) is 13.1. The number of aromatic amines is 1. The molecule has 0 saturated heterocycles. The molecular formula is C15H15Cl3N4O3S. The normalized spacial score (nSPS) is 10.2. The van der Waals surface area contributed by atoms with Gasteiger partial charge in [0, 0.05) is 24.2 Å². The Balaban J connectivity index is 0.00000169. The van der Waals surface area contributed by atoms with Gasteiger partial charge < -0.3 is 10.3 Å². The van der Waals surface area contributed by atoms with Crippen molar-refractivity contribution in [1.82, 2.24) is 14.7 Å². The van der Waals surface area contributed by atoms with E-state index in [1.807, 2.05) is 0 Å². The number of hydrogen-bond acceptors (Lipinski definition) is 5. The molecule has 1 aromatic carbocycles. The minimum Gasteiger partial charge on any atom is -0.354 e. The van der Waals surface area contributed by atoms with E-state index in [1.165, 1.54) is 6.07 Å². The first-order valence-electron chi connectivity index (χ1n) is 6.94. The summed E-state index contributed by atoms with van der Waals surface area (Å²) < 4.78 is 23.4. The number of aromatic nitrogens is 2. The number of nitrogens with one attached hydrogen (secondary N) is 3. The number of anilines is 2. The molecule has 3 N–H and O–H groups in total. The highest BCUT2D eigenvalue weighted by Gasteiger charge is 2.07. The predicted molar refractivity (Wildman–Crippen MR) is 109 cm³/mol. The number of nitrogens with zero attached hydrogens (tertiary/aromatic N) is 1. The summed E-state index contributed by atoms with van der Waals surface area (Å²) in [5.41, 5.74) is 2.40. The molecule has 11 heteroatoms. The maximum absolute atomic E-state index is 11.4. The molecule has 0 aliphatic carbocycles. The van der Waals surface area contributed by atoms with Crippen molar-refractivity contribution in [2.45, 2.75) is 6.54 Å². The highest BCUT2D eigenvalue weighted by molar-refractivity contribution is 7.70. The summed E-state index contributed by atoms with van der Waals surface area (Å²) in [5, 5.41) is 4.39. The minimum atomic E-state index is -2.65. The van der Waals surface area contributed by atoms with Crippen molar-refractivity contribution in [2.24, 2.45) is 0 Å². The maximum atomic E-state index is 11.4. The van der Waals surface area contributed by atoms with Gasteiger partial charge in [0.05, 0.1) is 16.4 Å². The van der Waals surface area contributed by atoms with E-state index in [9.17, 15) is 13.2 Å². The maximum Gasteiger partial charge on any atom is 0.249 e. The number of fused-ring (bicyclic) bond motifs is 1. The number of benzene rings is 1. The number of thiol groups is 1. The predicted octanol–water partition coefficient (Wildman–Crippen LogP) is 2.78. The van der Waals surface area contributed by atoms with Crippen LogP contribution in [0.3, 0.4) is 0 Å². The monoisotopic (exact) mass is 436 g/mol. The van der Waals surface area contributed by atoms with E-state index in [0.29, 0.717) is 16.4 Å². The Morgan fingerprint density at radius 2 is 1.85 bits per heavy atom. The molecule has 0 bridgehead atoms. The Hall–Kier alpha value is -1.84. The van der Waals surface area contributed by atoms with E-state index < -0.39 is 10.9 Å². The summed E-state index contributed by atoms with van der Waals surface area (Å²) in [7, 11) is -2.65. The third kappa shape index (κ3) is 5.33. The van der Waals surface area contributed by atoms with Gasteiger partial charge in [-0.1, -0.05) is 17.7 Å². The van der Waals surface area contributed by atoms with Crippen LogP contribution < -0.4 is 15.6 Å². The molecule has 2 heterocycles. The first kappa shape index (κ1) is 22.2. The second-order valence-corrected chi connectivity index (χ2v) is 6.21. The second-order valence-electron chi connectivity index (χ2n) is 4.97. The van der Waals surface area contributed by atoms with Gasteiger partial charge in [-0.2, -0.15) is 0 Å². The summed E-state index contributed by atoms with van der Waals surface area (Å²) in [6.45, 7) is 0.179. The lowest BCUT2D eigenvalue weighted by molar-refractivity contribution is 0.601. The average Bonchev–Trinajstić information content (AvgIpc) is 2.55. The second kappa shape index (κ2) is 9.75. The Bertz CT molecular complexity index is 1030. The molecule has 0 amide bonds. The SMILES string of the molecule is Cl.Cl.O=c1ccc2c(Nc3ccc(CN[SH](=O)=O)cc3Cl)ccnc2[nH]1. The van der Waals surface area contributed by atoms with Crippen molar-refractivity contribution < 1.29 is 8.42 Å². The fraction of sp³-hybridized carbons (Fsp3) is 0.0667. The van der Waals surface area contributed by atoms with E-state index in [1.54, 1.807) is 36.5 Å². The molecule has 0 saturated carbocycles. The van der Waals surface area contributed by atoms with E-state index in [2.05, 4.69) is 20.0 Å². The number of hydrogen-bond donors (Lipinski definition) is 4. The van der Waals surface area contributed by atoms with Gasteiger partial charge in [0.2, 0.25) is 16.4 Å². The van der Waals surface area contributed by atoms with E-state index >= 15 is 0 Å². The Morgan fingerprint density at radius 1 is 1.08 bits per heavy atom. The molecule has 0 fully saturated rings. The summed E-state index contributed by atoms with van der Waals surface area (Å²) in [4.78, 5) is 18.2. The molecule has 7 nitrogen and oxygen atoms in total. The quantitative estimate of drug-likeness (QED) is 0.460. The molecule has 0 unspecified atom stereocenters. The van der Waals surface area contributed by atoms with Crippen LogP contribution in [-0.2, 0) is 17.4 Å². The van der Waals surface area contributed by atoms with Gasteiger partial charge in [-0.3, -0.25) is 4.79 Å². The zero-order chi connectivity index (χ0) is 17.1. The van der Waals surface area contributed by atoms with Gasteiger partial charge in [-0.15, -0.1) is 24.8 Å². The lowest BCUT2D eigenvalue weighted by atomic mass is 10.2. The van der Waals surface area contributed by atoms with Crippen LogP contribution in [0, 0.1) is 0 Å². The zero-order valence-corrected chi connectivity index (χ0v) is 16.3. The van der Waals surface area contributed by atoms with E-state index in [4.69, 9.17) is 11.6 Å². The summed E-state index contributed by atoms with van der Waals surface area (Å²) in [6.07, 6.45) is 1.58. The van der Waals surface area contributed by atoms with Gasteiger partial charge in [0.25, 0.3) is 0 Å². The summed E-state index contributed by atoms with van der Waals surface area (Å²) in [5.74, 6) is 0. The molecule has 140 valence electrons.